The first-order chi connectivity index (χ1) is 6.86. The van der Waals surface area contributed by atoms with Crippen LogP contribution in [-0.4, -0.2) is 26.5 Å². The standard InChI is InChI=1S/C10H15N3O/c14-6-7-3-4-13-9(5-7)11-10(12-13)8-1-2-8/h7-8,14H,1-6H2. The SMILES string of the molecule is OCC1CCn2nc(C3CC3)nc2C1. The third-order valence-electron chi connectivity index (χ3n) is 3.19. The Kier molecular flexibility index (Phi) is 1.83. The average Bonchev–Trinajstić information content (AvgIpc) is 2.97. The molecule has 4 nitrogen and oxygen atoms in total. The fraction of sp³-hybridized carbons (Fsp3) is 0.800. The summed E-state index contributed by atoms with van der Waals surface area (Å²) in [5.41, 5.74) is 0. The lowest BCUT2D eigenvalue weighted by Gasteiger charge is -2.19. The van der Waals surface area contributed by atoms with Gasteiger partial charge in [0, 0.05) is 25.5 Å². The van der Waals surface area contributed by atoms with E-state index in [1.807, 2.05) is 4.68 Å². The second kappa shape index (κ2) is 3.05. The van der Waals surface area contributed by atoms with Crippen LogP contribution in [0, 0.1) is 5.92 Å². The molecule has 0 aromatic carbocycles. The predicted molar refractivity (Wildman–Crippen MR) is 50.9 cm³/mol. The van der Waals surface area contributed by atoms with Crippen LogP contribution < -0.4 is 0 Å². The molecule has 1 fully saturated rings. The summed E-state index contributed by atoms with van der Waals surface area (Å²) in [4.78, 5) is 4.55. The minimum absolute atomic E-state index is 0.283. The first-order valence-electron chi connectivity index (χ1n) is 5.41. The maximum Gasteiger partial charge on any atom is 0.154 e. The fourth-order valence-electron chi connectivity index (χ4n) is 2.06. The van der Waals surface area contributed by atoms with Gasteiger partial charge in [0.2, 0.25) is 0 Å². The molecule has 1 saturated carbocycles. The van der Waals surface area contributed by atoms with E-state index in [1.165, 1.54) is 12.8 Å². The quantitative estimate of drug-likeness (QED) is 0.752. The highest BCUT2D eigenvalue weighted by atomic mass is 16.3. The molecule has 14 heavy (non-hydrogen) atoms. The number of aromatic nitrogens is 3. The third kappa shape index (κ3) is 1.34. The van der Waals surface area contributed by atoms with Crippen molar-refractivity contribution in [2.45, 2.75) is 38.1 Å². The largest absolute Gasteiger partial charge is 0.396 e. The topological polar surface area (TPSA) is 50.9 Å². The summed E-state index contributed by atoms with van der Waals surface area (Å²) in [5, 5.41) is 13.6. The maximum absolute atomic E-state index is 9.09. The Hall–Kier alpha value is -0.900. The zero-order valence-corrected chi connectivity index (χ0v) is 8.19. The van der Waals surface area contributed by atoms with Crippen LogP contribution in [0.3, 0.4) is 0 Å². The summed E-state index contributed by atoms with van der Waals surface area (Å²) < 4.78 is 2.03. The van der Waals surface area contributed by atoms with Crippen molar-refractivity contribution in [3.05, 3.63) is 11.6 Å². The van der Waals surface area contributed by atoms with E-state index in [1.54, 1.807) is 0 Å². The molecule has 0 amide bonds. The molecular formula is C10H15N3O. The molecule has 76 valence electrons. The van der Waals surface area contributed by atoms with E-state index in [0.717, 1.165) is 31.0 Å². The summed E-state index contributed by atoms with van der Waals surface area (Å²) in [7, 11) is 0. The van der Waals surface area contributed by atoms with Crippen molar-refractivity contribution in [2.24, 2.45) is 5.92 Å². The number of fused-ring (bicyclic) bond motifs is 1. The lowest BCUT2D eigenvalue weighted by molar-refractivity contribution is 0.196. The molecule has 3 rings (SSSR count). The summed E-state index contributed by atoms with van der Waals surface area (Å²) in [5.74, 6) is 3.16. The molecule has 4 heteroatoms. The summed E-state index contributed by atoms with van der Waals surface area (Å²) in [6.07, 6.45) is 4.45. The molecule has 2 aliphatic rings. The van der Waals surface area contributed by atoms with Crippen molar-refractivity contribution in [1.82, 2.24) is 14.8 Å². The number of aryl methyl sites for hydroxylation is 1. The monoisotopic (exact) mass is 193 g/mol. The van der Waals surface area contributed by atoms with Crippen LogP contribution in [-0.2, 0) is 13.0 Å². The average molecular weight is 193 g/mol. The second-order valence-corrected chi connectivity index (χ2v) is 4.43. The predicted octanol–water partition coefficient (Wildman–Crippen LogP) is 0.710. The Morgan fingerprint density at radius 3 is 2.93 bits per heavy atom. The summed E-state index contributed by atoms with van der Waals surface area (Å²) in [6, 6.07) is 0. The lowest BCUT2D eigenvalue weighted by Crippen LogP contribution is -2.22. The molecule has 1 aromatic rings. The Balaban J connectivity index is 1.85. The first-order valence-corrected chi connectivity index (χ1v) is 5.41. The van der Waals surface area contributed by atoms with E-state index in [-0.39, 0.29) is 6.61 Å². The van der Waals surface area contributed by atoms with Gasteiger partial charge in [-0.05, 0) is 25.2 Å². The highest BCUT2D eigenvalue weighted by molar-refractivity contribution is 5.07. The number of hydrogen-bond donors (Lipinski definition) is 1. The van der Waals surface area contributed by atoms with Gasteiger partial charge in [-0.15, -0.1) is 0 Å². The van der Waals surface area contributed by atoms with E-state index >= 15 is 0 Å². The molecule has 0 bridgehead atoms. The van der Waals surface area contributed by atoms with Crippen LogP contribution >= 0.6 is 0 Å². The highest BCUT2D eigenvalue weighted by Crippen LogP contribution is 2.38. The number of rotatable bonds is 2. The number of hydrogen-bond acceptors (Lipinski definition) is 3. The maximum atomic E-state index is 9.09. The van der Waals surface area contributed by atoms with Crippen LogP contribution in [0.4, 0.5) is 0 Å². The van der Waals surface area contributed by atoms with Gasteiger partial charge in [-0.25, -0.2) is 9.67 Å². The van der Waals surface area contributed by atoms with Gasteiger partial charge in [-0.2, -0.15) is 5.10 Å². The third-order valence-corrected chi connectivity index (χ3v) is 3.19. The van der Waals surface area contributed by atoms with Crippen LogP contribution in [0.25, 0.3) is 0 Å². The Labute approximate surface area is 83.0 Å². The summed E-state index contributed by atoms with van der Waals surface area (Å²) >= 11 is 0. The van der Waals surface area contributed by atoms with Gasteiger partial charge in [-0.1, -0.05) is 0 Å². The molecule has 1 aliphatic heterocycles. The smallest absolute Gasteiger partial charge is 0.154 e. The minimum Gasteiger partial charge on any atom is -0.396 e. The van der Waals surface area contributed by atoms with E-state index in [0.29, 0.717) is 11.8 Å². The van der Waals surface area contributed by atoms with Gasteiger partial charge in [0.25, 0.3) is 0 Å². The van der Waals surface area contributed by atoms with Crippen LogP contribution in [0.1, 0.15) is 36.8 Å². The molecule has 1 aromatic heterocycles. The number of nitrogens with zero attached hydrogens (tertiary/aromatic N) is 3. The first kappa shape index (κ1) is 8.41. The molecule has 1 unspecified atom stereocenters. The Morgan fingerprint density at radius 1 is 1.36 bits per heavy atom. The van der Waals surface area contributed by atoms with Gasteiger partial charge in [0.1, 0.15) is 5.82 Å². The lowest BCUT2D eigenvalue weighted by atomic mass is 9.99. The fourth-order valence-corrected chi connectivity index (χ4v) is 2.06. The Morgan fingerprint density at radius 2 is 2.21 bits per heavy atom. The Bertz CT molecular complexity index is 343. The van der Waals surface area contributed by atoms with Gasteiger partial charge >= 0.3 is 0 Å². The molecule has 0 saturated heterocycles. The van der Waals surface area contributed by atoms with Crippen molar-refractivity contribution in [1.29, 1.82) is 0 Å². The van der Waals surface area contributed by atoms with E-state index in [9.17, 15) is 0 Å². The molecule has 1 atom stereocenters. The molecule has 0 radical (unpaired) electrons. The van der Waals surface area contributed by atoms with Crippen LogP contribution in [0.15, 0.2) is 0 Å². The zero-order valence-electron chi connectivity index (χ0n) is 8.19. The number of aliphatic hydroxyl groups excluding tert-OH is 1. The molecule has 2 heterocycles. The van der Waals surface area contributed by atoms with Gasteiger partial charge in [0.05, 0.1) is 0 Å². The van der Waals surface area contributed by atoms with Crippen molar-refractivity contribution < 1.29 is 5.11 Å². The van der Waals surface area contributed by atoms with Gasteiger partial charge < -0.3 is 5.11 Å². The van der Waals surface area contributed by atoms with Crippen LogP contribution in [0.5, 0.6) is 0 Å². The molecular weight excluding hydrogens is 178 g/mol. The van der Waals surface area contributed by atoms with Crippen molar-refractivity contribution in [3.63, 3.8) is 0 Å². The van der Waals surface area contributed by atoms with E-state index in [4.69, 9.17) is 5.11 Å². The van der Waals surface area contributed by atoms with Gasteiger partial charge in [0.15, 0.2) is 5.82 Å². The van der Waals surface area contributed by atoms with Crippen LogP contribution in [0.2, 0.25) is 0 Å². The van der Waals surface area contributed by atoms with Crippen molar-refractivity contribution in [3.8, 4) is 0 Å². The molecule has 1 aliphatic carbocycles. The van der Waals surface area contributed by atoms with E-state index < -0.39 is 0 Å². The molecule has 1 N–H and O–H groups in total. The zero-order chi connectivity index (χ0) is 9.54. The minimum atomic E-state index is 0.283. The highest BCUT2D eigenvalue weighted by Gasteiger charge is 2.30. The molecule has 0 spiro atoms. The summed E-state index contributed by atoms with van der Waals surface area (Å²) in [6.45, 7) is 1.21. The van der Waals surface area contributed by atoms with Crippen molar-refractivity contribution >= 4 is 0 Å². The van der Waals surface area contributed by atoms with E-state index in [2.05, 4.69) is 10.1 Å². The van der Waals surface area contributed by atoms with Gasteiger partial charge in [-0.3, -0.25) is 0 Å². The van der Waals surface area contributed by atoms with Crippen molar-refractivity contribution in [2.75, 3.05) is 6.61 Å². The normalized spacial score (nSPS) is 26.2. The second-order valence-electron chi connectivity index (χ2n) is 4.43. The number of aliphatic hydroxyl groups is 1.